The average molecular weight is 976 g/mol. The normalized spacial score (nSPS) is 10.3. The largest absolute Gasteiger partial charge is 0.507 e. The van der Waals surface area contributed by atoms with Crippen LogP contribution in [-0.2, 0) is 22.5 Å². The van der Waals surface area contributed by atoms with Gasteiger partial charge in [0.05, 0.1) is 16.7 Å². The number of hydrogen-bond acceptors (Lipinski definition) is 13. The van der Waals surface area contributed by atoms with Gasteiger partial charge in [-0.25, -0.2) is 13.8 Å². The number of phenolic OH excluding ortho intramolecular Hbond substituents is 2. The van der Waals surface area contributed by atoms with Crippen molar-refractivity contribution in [1.82, 2.24) is 5.32 Å². The van der Waals surface area contributed by atoms with Crippen LogP contribution in [0.5, 0.6) is 17.2 Å². The Kier molecular flexibility index (Phi) is 30.6. The maximum absolute atomic E-state index is 12.4. The van der Waals surface area contributed by atoms with Crippen LogP contribution in [0.25, 0.3) is 0 Å². The summed E-state index contributed by atoms with van der Waals surface area (Å²) >= 11 is 10.3. The second-order valence-electron chi connectivity index (χ2n) is 11.8. The van der Waals surface area contributed by atoms with Crippen molar-refractivity contribution in [2.24, 2.45) is 0 Å². The van der Waals surface area contributed by atoms with Crippen LogP contribution >= 0.6 is 44.6 Å². The molecule has 1 amide bonds. The first-order chi connectivity index (χ1) is 28.2. The Hall–Kier alpha value is -4.11. The summed E-state index contributed by atoms with van der Waals surface area (Å²) in [6.07, 6.45) is 3.95. The van der Waals surface area contributed by atoms with E-state index in [0.29, 0.717) is 50.8 Å². The van der Waals surface area contributed by atoms with Crippen molar-refractivity contribution < 1.29 is 71.8 Å². The first-order valence-electron chi connectivity index (χ1n) is 18.0. The number of ketones is 1. The molecule has 6 N–H and O–H groups in total. The molecule has 0 aromatic heterocycles. The number of hydrogen-bond donors (Lipinski definition) is 6. The Bertz CT molecular complexity index is 1840. The van der Waals surface area contributed by atoms with Gasteiger partial charge in [0.1, 0.15) is 22.8 Å². The van der Waals surface area contributed by atoms with Crippen molar-refractivity contribution in [3.05, 3.63) is 88.0 Å². The predicted octanol–water partition coefficient (Wildman–Crippen LogP) is 8.94. The molecule has 16 nitrogen and oxygen atoms in total. The van der Waals surface area contributed by atoms with Crippen molar-refractivity contribution >= 4 is 96.7 Å². The van der Waals surface area contributed by atoms with Gasteiger partial charge >= 0.3 is 20.7 Å². The summed E-state index contributed by atoms with van der Waals surface area (Å²) in [5, 5.41) is 46.8. The number of benzene rings is 3. The molecule has 61 heavy (non-hydrogen) atoms. The first kappa shape index (κ1) is 59.0. The monoisotopic (exact) mass is 973 g/mol. The van der Waals surface area contributed by atoms with Gasteiger partial charge in [0, 0.05) is 71.3 Å². The van der Waals surface area contributed by atoms with Crippen LogP contribution in [0.4, 0.5) is 0 Å². The average Bonchev–Trinajstić information content (AvgIpc) is 3.16. The van der Waals surface area contributed by atoms with E-state index in [9.17, 15) is 39.0 Å². The Labute approximate surface area is 376 Å². The minimum Gasteiger partial charge on any atom is -0.507 e. The molecule has 0 saturated carbocycles. The molecule has 0 atom stereocenters. The molecule has 3 rings (SSSR count). The molecule has 0 unspecified atom stereocenters. The summed E-state index contributed by atoms with van der Waals surface area (Å²) in [5.74, 6) is -4.00. The molecule has 0 heterocycles. The topological polar surface area (TPSA) is 260 Å². The Balaban J connectivity index is 0. The zero-order valence-electron chi connectivity index (χ0n) is 33.0. The van der Waals surface area contributed by atoms with Gasteiger partial charge in [-0.1, -0.05) is 33.3 Å². The Morgan fingerprint density at radius 1 is 0.639 bits per heavy atom. The summed E-state index contributed by atoms with van der Waals surface area (Å²) in [5.41, 5.74) is 0.181. The van der Waals surface area contributed by atoms with Gasteiger partial charge in [0.15, 0.2) is 5.78 Å². The van der Waals surface area contributed by atoms with E-state index in [4.69, 9.17) is 56.0 Å². The second-order valence-corrected chi connectivity index (χ2v) is 17.7. The van der Waals surface area contributed by atoms with Crippen molar-refractivity contribution in [3.63, 3.8) is 0 Å². The summed E-state index contributed by atoms with van der Waals surface area (Å²) in [4.78, 5) is 66.6. The van der Waals surface area contributed by atoms with Crippen LogP contribution in [0.15, 0.2) is 54.6 Å². The smallest absolute Gasteiger partial charge is 0.500 e. The molecule has 22 heteroatoms. The number of aromatic hydroxyl groups is 3. The van der Waals surface area contributed by atoms with Crippen molar-refractivity contribution in [2.75, 3.05) is 26.4 Å². The molecule has 3 aromatic carbocycles. The number of amides is 1. The van der Waals surface area contributed by atoms with E-state index >= 15 is 0 Å². The molecular weight excluding hydrogens is 924 g/mol. The third kappa shape index (κ3) is 23.1. The first-order valence-corrected chi connectivity index (χ1v) is 23.5. The highest BCUT2D eigenvalue weighted by Gasteiger charge is 2.39. The minimum absolute atomic E-state index is 0. The van der Waals surface area contributed by atoms with E-state index in [-0.39, 0.29) is 58.4 Å². The molecular formula is C39H51Cl4NO15SSi. The van der Waals surface area contributed by atoms with Crippen LogP contribution in [0, 0.1) is 0 Å². The number of carbonyl (C=O) groups is 6. The fourth-order valence-electron chi connectivity index (χ4n) is 4.85. The van der Waals surface area contributed by atoms with Gasteiger partial charge in [-0.15, -0.1) is 0 Å². The number of carbonyl (C=O) groups excluding carboxylic acids is 4. The molecule has 0 spiro atoms. The number of unbranched alkanes of at least 4 members (excludes halogenated alkanes) is 2. The van der Waals surface area contributed by atoms with Crippen molar-refractivity contribution in [3.8, 4) is 17.2 Å². The number of carboxylic acid groups (broad SMARTS) is 2. The molecule has 0 aliphatic carbocycles. The minimum atomic E-state index is -2.73. The summed E-state index contributed by atoms with van der Waals surface area (Å²) < 4.78 is 26.5. The lowest BCUT2D eigenvalue weighted by Gasteiger charge is -2.28. The maximum Gasteiger partial charge on any atom is 0.500 e. The quantitative estimate of drug-likeness (QED) is 0.0267. The number of phenols is 3. The molecule has 3 aromatic rings. The zero-order valence-corrected chi connectivity index (χ0v) is 37.8. The highest BCUT2D eigenvalue weighted by molar-refractivity contribution is 8.26. The van der Waals surface area contributed by atoms with Crippen LogP contribution < -0.4 is 5.32 Å². The maximum atomic E-state index is 12.4. The van der Waals surface area contributed by atoms with Gasteiger partial charge in [0.2, 0.25) is 9.23 Å². The molecule has 0 saturated heterocycles. The predicted molar refractivity (Wildman–Crippen MR) is 236 cm³/mol. The van der Waals surface area contributed by atoms with Gasteiger partial charge in [0.25, 0.3) is 16.4 Å². The number of nitrogens with one attached hydrogen (secondary N) is 1. The Morgan fingerprint density at radius 2 is 1.08 bits per heavy atom. The molecule has 0 radical (unpaired) electrons. The van der Waals surface area contributed by atoms with E-state index < -0.39 is 46.2 Å². The molecule has 340 valence electrons. The van der Waals surface area contributed by atoms with E-state index in [1.165, 1.54) is 24.3 Å². The second kappa shape index (κ2) is 31.7. The molecule has 0 aliphatic heterocycles. The highest BCUT2D eigenvalue weighted by Crippen LogP contribution is 2.23. The number of aromatic carboxylic acids is 2. The lowest BCUT2D eigenvalue weighted by molar-refractivity contribution is 0.0678. The highest BCUT2D eigenvalue weighted by atomic mass is 36.0. The summed E-state index contributed by atoms with van der Waals surface area (Å²) in [7, 11) is 4.63. The van der Waals surface area contributed by atoms with E-state index in [2.05, 4.69) is 33.6 Å². The summed E-state index contributed by atoms with van der Waals surface area (Å²) in [6, 6.07) is 11.8. The zero-order chi connectivity index (χ0) is 46.0. The van der Waals surface area contributed by atoms with Crippen LogP contribution in [-0.4, -0.2) is 99.0 Å². The number of carboxylic acids is 2. The van der Waals surface area contributed by atoms with Crippen LogP contribution in [0.2, 0.25) is 6.04 Å². The van der Waals surface area contributed by atoms with Crippen LogP contribution in [0.1, 0.15) is 129 Å². The van der Waals surface area contributed by atoms with Crippen LogP contribution in [0.3, 0.4) is 0 Å². The number of halogens is 4. The van der Waals surface area contributed by atoms with E-state index in [0.717, 1.165) is 43.5 Å². The fourth-order valence-corrected chi connectivity index (χ4v) is 7.74. The van der Waals surface area contributed by atoms with E-state index in [1.807, 2.05) is 20.8 Å². The number of Topliss-reactive ketones (excluding diaryl/α,β-unsaturated/α-hetero) is 1. The van der Waals surface area contributed by atoms with Gasteiger partial charge in [-0.05, 0) is 105 Å². The third-order valence-electron chi connectivity index (χ3n) is 7.52. The van der Waals surface area contributed by atoms with Crippen molar-refractivity contribution in [2.45, 2.75) is 73.3 Å². The van der Waals surface area contributed by atoms with E-state index in [1.54, 1.807) is 6.07 Å². The standard InChI is InChI=1S/C22H37NO6Si.C8H4Cl2O3.C8H6O5.CH4.Cl2OS/c1-5-9-10-12-20(24)18-13-14-19(21(25)17-18)22(26)23-15-11-16-30(27-6-2,28-7-3)29-8-4;9-7(12)4-1-2-5(8(10)13)6(11)3-4;9-6-3-4(7(10)11)1-2-5(6)8(12)13;;1-4(2)3/h13-14,17,25H,5-12,15-16H2,1-4H3,(H,23,26);1-3,11H;1-3,9H,(H,10,11)(H,12,13);1H4;. The van der Waals surface area contributed by atoms with Crippen molar-refractivity contribution in [1.29, 1.82) is 0 Å². The van der Waals surface area contributed by atoms with Gasteiger partial charge in [-0.3, -0.25) is 19.2 Å². The molecule has 0 aliphatic rings. The molecule has 0 bridgehead atoms. The Morgan fingerprint density at radius 3 is 1.51 bits per heavy atom. The number of rotatable bonds is 20. The lowest BCUT2D eigenvalue weighted by Crippen LogP contribution is -2.46. The SMILES string of the molecule is C.CCCCCC(=O)c1ccc(C(=O)NCCC[Si](OCC)(OCC)OCC)c(O)c1.O=C(Cl)c1ccc(C(=O)Cl)c(O)c1.O=C(O)c1ccc(C(=O)O)c(O)c1.O=S(Cl)Cl. The lowest BCUT2D eigenvalue weighted by atomic mass is 10.0. The molecule has 0 fully saturated rings. The third-order valence-corrected chi connectivity index (χ3v) is 11.1. The summed E-state index contributed by atoms with van der Waals surface area (Å²) in [6.45, 7) is 9.73. The van der Waals surface area contributed by atoms with Gasteiger partial charge in [-0.2, -0.15) is 0 Å². The van der Waals surface area contributed by atoms with Gasteiger partial charge < -0.3 is 44.1 Å². The fraction of sp³-hybridized carbons (Fsp3) is 0.385.